The number of carbonyl (C=O) groups is 2. The van der Waals surface area contributed by atoms with Crippen molar-refractivity contribution in [1.82, 2.24) is 14.8 Å². The molecule has 0 aliphatic carbocycles. The average molecular weight is 500 g/mol. The van der Waals surface area contributed by atoms with Gasteiger partial charge in [-0.1, -0.05) is 62.9 Å². The maximum Gasteiger partial charge on any atom is 0.255 e. The number of rotatable bonds is 7. The van der Waals surface area contributed by atoms with E-state index in [9.17, 15) is 9.59 Å². The molecule has 1 aromatic heterocycles. The van der Waals surface area contributed by atoms with Crippen LogP contribution in [0.5, 0.6) is 0 Å². The smallest absolute Gasteiger partial charge is 0.255 e. The highest BCUT2D eigenvalue weighted by Gasteiger charge is 2.15. The molecule has 0 saturated carbocycles. The minimum absolute atomic E-state index is 0.0393. The summed E-state index contributed by atoms with van der Waals surface area (Å²) in [4.78, 5) is 24.9. The van der Waals surface area contributed by atoms with Crippen LogP contribution < -0.4 is 10.6 Å². The SMILES string of the molecule is Cn1c(SCC(=O)Nc2ccccc2)nnc1-c1ccc(NC(=O)c2ccc(C(C)(C)C)cc2)cc1. The molecule has 0 radical (unpaired) electrons. The van der Waals surface area contributed by atoms with Gasteiger partial charge < -0.3 is 15.2 Å². The first-order chi connectivity index (χ1) is 17.2. The molecule has 2 amide bonds. The molecular formula is C28H29N5O2S. The van der Waals surface area contributed by atoms with Crippen LogP contribution in [0.1, 0.15) is 36.7 Å². The fourth-order valence-electron chi connectivity index (χ4n) is 3.57. The maximum absolute atomic E-state index is 12.7. The zero-order chi connectivity index (χ0) is 25.7. The van der Waals surface area contributed by atoms with Crippen LogP contribution in [0.2, 0.25) is 0 Å². The van der Waals surface area contributed by atoms with E-state index >= 15 is 0 Å². The maximum atomic E-state index is 12.7. The molecule has 4 aromatic rings. The highest BCUT2D eigenvalue weighted by Crippen LogP contribution is 2.25. The number of aromatic nitrogens is 3. The number of anilines is 2. The first-order valence-corrected chi connectivity index (χ1v) is 12.6. The molecule has 0 aliphatic rings. The molecule has 3 aromatic carbocycles. The first kappa shape index (κ1) is 25.2. The average Bonchev–Trinajstić information content (AvgIpc) is 3.23. The topological polar surface area (TPSA) is 88.9 Å². The number of nitrogens with zero attached hydrogens (tertiary/aromatic N) is 3. The minimum Gasteiger partial charge on any atom is -0.325 e. The van der Waals surface area contributed by atoms with E-state index in [1.807, 2.05) is 90.5 Å². The van der Waals surface area contributed by atoms with Crippen molar-refractivity contribution in [1.29, 1.82) is 0 Å². The van der Waals surface area contributed by atoms with E-state index in [4.69, 9.17) is 0 Å². The zero-order valence-electron chi connectivity index (χ0n) is 20.8. The van der Waals surface area contributed by atoms with Gasteiger partial charge in [-0.25, -0.2) is 0 Å². The molecular weight excluding hydrogens is 470 g/mol. The number of carbonyl (C=O) groups excluding carboxylic acids is 2. The van der Waals surface area contributed by atoms with E-state index in [0.717, 1.165) is 11.3 Å². The van der Waals surface area contributed by atoms with Gasteiger partial charge in [-0.05, 0) is 59.5 Å². The Morgan fingerprint density at radius 2 is 1.47 bits per heavy atom. The largest absolute Gasteiger partial charge is 0.325 e. The third-order valence-corrected chi connectivity index (χ3v) is 6.66. The lowest BCUT2D eigenvalue weighted by atomic mass is 9.87. The molecule has 0 saturated heterocycles. The second-order valence-corrected chi connectivity index (χ2v) is 10.4. The fraction of sp³-hybridized carbons (Fsp3) is 0.214. The minimum atomic E-state index is -0.158. The van der Waals surface area contributed by atoms with Crippen molar-refractivity contribution in [2.75, 3.05) is 16.4 Å². The van der Waals surface area contributed by atoms with Crippen LogP contribution in [0.4, 0.5) is 11.4 Å². The Balaban J connectivity index is 1.36. The Hall–Kier alpha value is -3.91. The Bertz CT molecular complexity index is 1340. The molecule has 0 spiro atoms. The number of nitrogens with one attached hydrogen (secondary N) is 2. The van der Waals surface area contributed by atoms with E-state index < -0.39 is 0 Å². The predicted octanol–water partition coefficient (Wildman–Crippen LogP) is 5.76. The fourth-order valence-corrected chi connectivity index (χ4v) is 4.28. The summed E-state index contributed by atoms with van der Waals surface area (Å²) in [5, 5.41) is 15.0. The lowest BCUT2D eigenvalue weighted by Crippen LogP contribution is -2.14. The normalized spacial score (nSPS) is 11.2. The highest BCUT2D eigenvalue weighted by atomic mass is 32.2. The van der Waals surface area contributed by atoms with Gasteiger partial charge in [0.05, 0.1) is 5.75 Å². The van der Waals surface area contributed by atoms with E-state index in [1.165, 1.54) is 17.3 Å². The number of amides is 2. The van der Waals surface area contributed by atoms with E-state index in [2.05, 4.69) is 41.6 Å². The van der Waals surface area contributed by atoms with E-state index in [0.29, 0.717) is 22.2 Å². The zero-order valence-corrected chi connectivity index (χ0v) is 21.6. The van der Waals surface area contributed by atoms with Crippen LogP contribution in [-0.4, -0.2) is 32.3 Å². The molecule has 8 heteroatoms. The summed E-state index contributed by atoms with van der Waals surface area (Å²) in [5.41, 5.74) is 4.14. The van der Waals surface area contributed by atoms with E-state index in [-0.39, 0.29) is 23.0 Å². The quantitative estimate of drug-likeness (QED) is 0.316. The van der Waals surface area contributed by atoms with Crippen molar-refractivity contribution in [3.05, 3.63) is 90.0 Å². The molecule has 2 N–H and O–H groups in total. The number of thioether (sulfide) groups is 1. The Kier molecular flexibility index (Phi) is 7.55. The predicted molar refractivity (Wildman–Crippen MR) is 145 cm³/mol. The van der Waals surface area contributed by atoms with Crippen LogP contribution >= 0.6 is 11.8 Å². The van der Waals surface area contributed by atoms with Crippen molar-refractivity contribution in [3.63, 3.8) is 0 Å². The Morgan fingerprint density at radius 1 is 0.833 bits per heavy atom. The van der Waals surface area contributed by atoms with Gasteiger partial charge in [-0.3, -0.25) is 9.59 Å². The standard InChI is InChI=1S/C28H29N5O2S/c1-28(2,3)21-14-10-20(11-15-21)26(35)30-23-16-12-19(13-17-23)25-31-32-27(33(25)4)36-18-24(34)29-22-8-6-5-7-9-22/h5-17H,18H2,1-4H3,(H,29,34)(H,30,35). The molecule has 0 fully saturated rings. The molecule has 0 aliphatic heterocycles. The lowest BCUT2D eigenvalue weighted by molar-refractivity contribution is -0.113. The van der Waals surface area contributed by atoms with Gasteiger partial charge >= 0.3 is 0 Å². The van der Waals surface area contributed by atoms with E-state index in [1.54, 1.807) is 0 Å². The number of benzene rings is 3. The van der Waals surface area contributed by atoms with Crippen LogP contribution in [0.25, 0.3) is 11.4 Å². The third kappa shape index (κ3) is 6.20. The van der Waals surface area contributed by atoms with Crippen LogP contribution in [0.3, 0.4) is 0 Å². The number of hydrogen-bond donors (Lipinski definition) is 2. The lowest BCUT2D eigenvalue weighted by Gasteiger charge is -2.19. The van der Waals surface area contributed by atoms with Gasteiger partial charge in [0, 0.05) is 29.5 Å². The summed E-state index contributed by atoms with van der Waals surface area (Å²) in [6.45, 7) is 6.43. The van der Waals surface area contributed by atoms with Crippen molar-refractivity contribution in [3.8, 4) is 11.4 Å². The summed E-state index contributed by atoms with van der Waals surface area (Å²) in [5.74, 6) is 0.637. The van der Waals surface area contributed by atoms with Crippen LogP contribution in [0, 0.1) is 0 Å². The molecule has 0 atom stereocenters. The summed E-state index contributed by atoms with van der Waals surface area (Å²) < 4.78 is 1.85. The third-order valence-electron chi connectivity index (χ3n) is 5.64. The van der Waals surface area contributed by atoms with Gasteiger partial charge in [0.1, 0.15) is 0 Å². The van der Waals surface area contributed by atoms with Crippen LogP contribution in [0.15, 0.2) is 84.0 Å². The molecule has 1 heterocycles. The number of para-hydroxylation sites is 1. The first-order valence-electron chi connectivity index (χ1n) is 11.6. The Morgan fingerprint density at radius 3 is 2.11 bits per heavy atom. The summed E-state index contributed by atoms with van der Waals surface area (Å²) in [7, 11) is 1.86. The summed E-state index contributed by atoms with van der Waals surface area (Å²) in [6.07, 6.45) is 0. The molecule has 7 nitrogen and oxygen atoms in total. The monoisotopic (exact) mass is 499 g/mol. The van der Waals surface area contributed by atoms with Crippen LogP contribution in [-0.2, 0) is 17.3 Å². The molecule has 0 unspecified atom stereocenters. The van der Waals surface area contributed by atoms with Crippen molar-refractivity contribution >= 4 is 35.0 Å². The Labute approximate surface area is 215 Å². The highest BCUT2D eigenvalue weighted by molar-refractivity contribution is 7.99. The number of hydrogen-bond acceptors (Lipinski definition) is 5. The summed E-state index contributed by atoms with van der Waals surface area (Å²) >= 11 is 1.32. The van der Waals surface area contributed by atoms with Gasteiger partial charge in [0.25, 0.3) is 5.91 Å². The van der Waals surface area contributed by atoms with Gasteiger partial charge in [-0.15, -0.1) is 10.2 Å². The molecule has 0 bridgehead atoms. The van der Waals surface area contributed by atoms with Crippen molar-refractivity contribution < 1.29 is 9.59 Å². The second-order valence-electron chi connectivity index (χ2n) is 9.43. The van der Waals surface area contributed by atoms with Crippen molar-refractivity contribution in [2.45, 2.75) is 31.3 Å². The molecule has 4 rings (SSSR count). The van der Waals surface area contributed by atoms with Gasteiger partial charge in [-0.2, -0.15) is 0 Å². The van der Waals surface area contributed by atoms with Crippen molar-refractivity contribution in [2.24, 2.45) is 7.05 Å². The second kappa shape index (κ2) is 10.8. The molecule has 36 heavy (non-hydrogen) atoms. The summed E-state index contributed by atoms with van der Waals surface area (Å²) in [6, 6.07) is 24.5. The van der Waals surface area contributed by atoms with Gasteiger partial charge in [0.2, 0.25) is 5.91 Å². The van der Waals surface area contributed by atoms with Gasteiger partial charge in [0.15, 0.2) is 11.0 Å². The molecule has 184 valence electrons.